The molecule has 0 spiro atoms. The summed E-state index contributed by atoms with van der Waals surface area (Å²) in [5.74, 6) is -70.2. The summed E-state index contributed by atoms with van der Waals surface area (Å²) in [6.45, 7) is 4.29. The second-order valence-corrected chi connectivity index (χ2v) is 13.5. The zero-order chi connectivity index (χ0) is 40.9. The van der Waals surface area contributed by atoms with Crippen molar-refractivity contribution in [1.29, 1.82) is 0 Å². The molecule has 0 atom stereocenters. The summed E-state index contributed by atoms with van der Waals surface area (Å²) in [6.07, 6.45) is -0.396. The fourth-order valence-electron chi connectivity index (χ4n) is 5.21. The van der Waals surface area contributed by atoms with Crippen molar-refractivity contribution in [2.45, 2.75) is 13.8 Å². The van der Waals surface area contributed by atoms with Crippen LogP contribution in [0.5, 0.6) is 0 Å². The maximum absolute atomic E-state index is 15.4. The van der Waals surface area contributed by atoms with Gasteiger partial charge in [-0.05, 0) is 30.8 Å². The van der Waals surface area contributed by atoms with Crippen LogP contribution in [0.3, 0.4) is 0 Å². The highest BCUT2D eigenvalue weighted by molar-refractivity contribution is 7.95. The largest absolute Gasteiger partial charge is 0.207 e. The van der Waals surface area contributed by atoms with Crippen molar-refractivity contribution >= 4 is 38.9 Å². The monoisotopic (exact) mass is 810 g/mol. The van der Waals surface area contributed by atoms with Gasteiger partial charge in [0.05, 0.1) is 12.5 Å². The highest BCUT2D eigenvalue weighted by atomic mass is 32.2. The predicted molar refractivity (Wildman–Crippen MR) is 153 cm³/mol. The molecule has 0 unspecified atom stereocenters. The van der Waals surface area contributed by atoms with Crippen molar-refractivity contribution in [2.24, 2.45) is 0 Å². The quantitative estimate of drug-likeness (QED) is 0.0469. The van der Waals surface area contributed by atoms with Gasteiger partial charge in [0.25, 0.3) is 0 Å². The summed E-state index contributed by atoms with van der Waals surface area (Å²) >= 11 is 0. The highest BCUT2D eigenvalue weighted by Gasteiger charge is 2.52. The molecule has 0 radical (unpaired) electrons. The third-order valence-corrected chi connectivity index (χ3v) is 8.37. The first kappa shape index (κ1) is 43.0. The standard InChI is InChI=1S/C24BF20.C7H15S/c26-5-1(6(27)14(35)21(42)13(5)34)25(2-7(28)15(36)22(43)16(37)8(2)29,3-9(30)17(38)23(44)18(39)10(3)31)4-11(32)19(40)24(45)20(41)12(4)33;1-7(2)5-6-8(3)4/h;5H,6H2,1-4H3/q-1;+1. The molecule has 0 bridgehead atoms. The molecule has 0 aromatic heterocycles. The molecule has 0 heterocycles. The maximum Gasteiger partial charge on any atom is 0.200 e. The lowest BCUT2D eigenvalue weighted by molar-refractivity contribution is 0.378. The first-order valence-corrected chi connectivity index (χ1v) is 15.9. The van der Waals surface area contributed by atoms with Gasteiger partial charge in [0.1, 0.15) is 58.4 Å². The minimum atomic E-state index is -7.22. The average Bonchev–Trinajstić information content (AvgIpc) is 3.10. The zero-order valence-corrected chi connectivity index (χ0v) is 27.1. The van der Waals surface area contributed by atoms with E-state index in [0.717, 1.165) is 0 Å². The van der Waals surface area contributed by atoms with E-state index in [1.165, 1.54) is 11.3 Å². The Labute approximate surface area is 287 Å². The van der Waals surface area contributed by atoms with Gasteiger partial charge in [0.15, 0.2) is 69.8 Å². The van der Waals surface area contributed by atoms with E-state index in [0.29, 0.717) is 10.9 Å². The minimum absolute atomic E-state index is 0.587. The summed E-state index contributed by atoms with van der Waals surface area (Å²) in [6, 6.07) is 0. The summed E-state index contributed by atoms with van der Waals surface area (Å²) < 4.78 is 294. The van der Waals surface area contributed by atoms with Crippen molar-refractivity contribution in [3.63, 3.8) is 0 Å². The van der Waals surface area contributed by atoms with Gasteiger partial charge in [-0.2, -0.15) is 0 Å². The van der Waals surface area contributed by atoms with E-state index in [1.54, 1.807) is 0 Å². The van der Waals surface area contributed by atoms with Gasteiger partial charge >= 0.3 is 0 Å². The fraction of sp³-hybridized carbons (Fsp3) is 0.161. The van der Waals surface area contributed by atoms with Crippen molar-refractivity contribution in [2.75, 3.05) is 18.3 Å². The Morgan fingerprint density at radius 1 is 0.340 bits per heavy atom. The van der Waals surface area contributed by atoms with Crippen LogP contribution in [0, 0.1) is 116 Å². The summed E-state index contributed by atoms with van der Waals surface area (Å²) in [4.78, 5) is 0. The smallest absolute Gasteiger partial charge is 0.200 e. The Bertz CT molecular complexity index is 1780. The molecule has 0 aliphatic rings. The number of rotatable bonds is 6. The van der Waals surface area contributed by atoms with Gasteiger partial charge < -0.3 is 0 Å². The molecule has 4 aromatic rings. The molecule has 0 amide bonds. The van der Waals surface area contributed by atoms with E-state index in [9.17, 15) is 52.7 Å². The third kappa shape index (κ3) is 6.82. The molecule has 53 heavy (non-hydrogen) atoms. The number of hydrogen-bond donors (Lipinski definition) is 0. The van der Waals surface area contributed by atoms with Crippen LogP contribution in [0.2, 0.25) is 0 Å². The Hall–Kier alpha value is -4.37. The van der Waals surface area contributed by atoms with Crippen molar-refractivity contribution < 1.29 is 87.8 Å². The van der Waals surface area contributed by atoms with E-state index in [4.69, 9.17) is 0 Å². The summed E-state index contributed by atoms with van der Waals surface area (Å²) in [7, 11) is 0.587. The van der Waals surface area contributed by atoms with E-state index in [2.05, 4.69) is 32.4 Å². The van der Waals surface area contributed by atoms with Crippen LogP contribution in [0.15, 0.2) is 11.6 Å². The molecular formula is C31H15BF20S. The predicted octanol–water partition coefficient (Wildman–Crippen LogP) is 7.68. The lowest BCUT2D eigenvalue weighted by atomic mass is 9.12. The van der Waals surface area contributed by atoms with Crippen molar-refractivity contribution in [1.82, 2.24) is 0 Å². The fourth-order valence-corrected chi connectivity index (χ4v) is 5.87. The van der Waals surface area contributed by atoms with Crippen LogP contribution in [0.1, 0.15) is 13.8 Å². The zero-order valence-electron chi connectivity index (χ0n) is 26.3. The number of halogens is 20. The summed E-state index contributed by atoms with van der Waals surface area (Å²) in [5, 5.41) is 0. The molecule has 4 aromatic carbocycles. The normalized spacial score (nSPS) is 11.6. The highest BCUT2D eigenvalue weighted by Crippen LogP contribution is 2.30. The molecule has 0 aliphatic carbocycles. The molecule has 0 saturated heterocycles. The SMILES string of the molecule is CC(C)=CC[S+](C)C.Fc1c(F)c(F)c([B-](c2c(F)c(F)c(F)c(F)c2F)(c2c(F)c(F)c(F)c(F)c2F)c2c(F)c(F)c(F)c(F)c2F)c(F)c1F. The number of allylic oxidation sites excluding steroid dienone is 1. The van der Waals surface area contributed by atoms with E-state index in [-0.39, 0.29) is 0 Å². The van der Waals surface area contributed by atoms with Crippen LogP contribution in [0.4, 0.5) is 87.8 Å². The van der Waals surface area contributed by atoms with Gasteiger partial charge in [-0.1, -0.05) is 5.57 Å². The van der Waals surface area contributed by atoms with E-state index in [1.807, 2.05) is 0 Å². The van der Waals surface area contributed by atoms with Crippen LogP contribution >= 0.6 is 0 Å². The molecule has 4 rings (SSSR count). The minimum Gasteiger partial charge on any atom is -0.207 e. The average molecular weight is 810 g/mol. The molecule has 0 saturated carbocycles. The van der Waals surface area contributed by atoms with Gasteiger partial charge in [0.2, 0.25) is 0 Å². The van der Waals surface area contributed by atoms with Crippen LogP contribution in [-0.4, -0.2) is 24.4 Å². The second-order valence-electron chi connectivity index (χ2n) is 11.2. The van der Waals surface area contributed by atoms with Crippen molar-refractivity contribution in [3.05, 3.63) is 128 Å². The lowest BCUT2D eigenvalue weighted by Gasteiger charge is -2.44. The molecule has 0 N–H and O–H groups in total. The van der Waals surface area contributed by atoms with Crippen LogP contribution in [-0.2, 0) is 10.9 Å². The second kappa shape index (κ2) is 15.5. The maximum atomic E-state index is 15.4. The van der Waals surface area contributed by atoms with E-state index < -0.39 is 144 Å². The van der Waals surface area contributed by atoms with Crippen LogP contribution < -0.4 is 21.9 Å². The topological polar surface area (TPSA) is 0 Å². The van der Waals surface area contributed by atoms with Gasteiger partial charge in [-0.15, -0.1) is 21.9 Å². The Morgan fingerprint density at radius 2 is 0.491 bits per heavy atom. The molecule has 0 nitrogen and oxygen atoms in total. The van der Waals surface area contributed by atoms with E-state index >= 15 is 35.1 Å². The molecule has 0 aliphatic heterocycles. The molecule has 0 fully saturated rings. The molecule has 288 valence electrons. The first-order valence-electron chi connectivity index (χ1n) is 13.7. The van der Waals surface area contributed by atoms with Gasteiger partial charge in [0, 0.05) is 0 Å². The molecule has 22 heteroatoms. The Morgan fingerprint density at radius 3 is 0.604 bits per heavy atom. The lowest BCUT2D eigenvalue weighted by Crippen LogP contribution is -2.81. The Kier molecular flexibility index (Phi) is 12.6. The number of hydrogen-bond acceptors (Lipinski definition) is 0. The third-order valence-electron chi connectivity index (χ3n) is 7.53. The van der Waals surface area contributed by atoms with Gasteiger partial charge in [-0.3, -0.25) is 0 Å². The van der Waals surface area contributed by atoms with Gasteiger partial charge in [-0.25, -0.2) is 87.8 Å². The molecular weight excluding hydrogens is 795 g/mol. The van der Waals surface area contributed by atoms with Crippen LogP contribution in [0.25, 0.3) is 0 Å². The first-order chi connectivity index (χ1) is 24.3. The Balaban J connectivity index is 0.000000846. The number of benzene rings is 4. The summed E-state index contributed by atoms with van der Waals surface area (Å²) in [5.41, 5.74) is -12.9. The van der Waals surface area contributed by atoms with Crippen molar-refractivity contribution in [3.8, 4) is 0 Å².